The molecule has 0 saturated carbocycles. The molecule has 142 valence electrons. The first-order valence-corrected chi connectivity index (χ1v) is 7.86. The molecular weight excluding hydrogens is 358 g/mol. The number of alkyl halides is 2. The number of carbonyl (C=O) groups excluding carboxylic acids is 2. The van der Waals surface area contributed by atoms with Gasteiger partial charge in [0, 0.05) is 18.2 Å². The van der Waals surface area contributed by atoms with Gasteiger partial charge in [0.15, 0.2) is 11.5 Å². The molecule has 0 aromatic heterocycles. The fourth-order valence-corrected chi connectivity index (χ4v) is 2.24. The molecule has 2 aromatic carbocycles. The second kappa shape index (κ2) is 9.33. The maximum atomic E-state index is 12.3. The van der Waals surface area contributed by atoms with Gasteiger partial charge in [0.05, 0.1) is 7.11 Å². The number of hydrogen-bond donors (Lipinski definition) is 2. The zero-order valence-electron chi connectivity index (χ0n) is 14.4. The molecule has 0 spiro atoms. The SMILES string of the molecule is COc1cc(/C=C/C(=O)NCc2cccc(C(N)=O)c2)ccc1OC(F)F. The van der Waals surface area contributed by atoms with E-state index in [1.54, 1.807) is 24.3 Å². The molecule has 2 amide bonds. The van der Waals surface area contributed by atoms with Crippen molar-refractivity contribution in [1.82, 2.24) is 5.32 Å². The molecule has 0 fully saturated rings. The Hall–Kier alpha value is -3.42. The van der Waals surface area contributed by atoms with Crippen LogP contribution < -0.4 is 20.5 Å². The Morgan fingerprint density at radius 3 is 2.63 bits per heavy atom. The first-order chi connectivity index (χ1) is 12.9. The van der Waals surface area contributed by atoms with E-state index in [0.717, 1.165) is 5.56 Å². The second-order valence-electron chi connectivity index (χ2n) is 5.40. The molecule has 0 aliphatic carbocycles. The third-order valence-electron chi connectivity index (χ3n) is 3.51. The molecular formula is C19H18F2N2O4. The summed E-state index contributed by atoms with van der Waals surface area (Å²) in [6.45, 7) is -2.74. The standard InChI is InChI=1S/C19H18F2N2O4/c1-26-16-10-12(5-7-15(16)27-19(20)21)6-8-17(24)23-11-13-3-2-4-14(9-13)18(22)25/h2-10,19H,11H2,1H3,(H2,22,25)(H,23,24)/b8-6+. The summed E-state index contributed by atoms with van der Waals surface area (Å²) in [6.07, 6.45) is 2.80. The average Bonchev–Trinajstić information content (AvgIpc) is 2.65. The summed E-state index contributed by atoms with van der Waals surface area (Å²) >= 11 is 0. The first kappa shape index (κ1) is 19.9. The Balaban J connectivity index is 1.98. The lowest BCUT2D eigenvalue weighted by Crippen LogP contribution is -2.20. The van der Waals surface area contributed by atoms with E-state index in [1.807, 2.05) is 0 Å². The molecule has 6 nitrogen and oxygen atoms in total. The van der Waals surface area contributed by atoms with Crippen molar-refractivity contribution < 1.29 is 27.8 Å². The molecule has 0 bridgehead atoms. The molecule has 0 atom stereocenters. The van der Waals surface area contributed by atoms with E-state index in [2.05, 4.69) is 10.1 Å². The van der Waals surface area contributed by atoms with E-state index < -0.39 is 12.5 Å². The lowest BCUT2D eigenvalue weighted by atomic mass is 10.1. The van der Waals surface area contributed by atoms with Gasteiger partial charge >= 0.3 is 6.61 Å². The highest BCUT2D eigenvalue weighted by Gasteiger charge is 2.10. The van der Waals surface area contributed by atoms with E-state index in [9.17, 15) is 18.4 Å². The van der Waals surface area contributed by atoms with Crippen LogP contribution in [0, 0.1) is 0 Å². The first-order valence-electron chi connectivity index (χ1n) is 7.86. The van der Waals surface area contributed by atoms with Crippen LogP contribution in [0.3, 0.4) is 0 Å². The molecule has 2 aromatic rings. The fourth-order valence-electron chi connectivity index (χ4n) is 2.24. The number of carbonyl (C=O) groups is 2. The second-order valence-corrected chi connectivity index (χ2v) is 5.40. The fraction of sp³-hybridized carbons (Fsp3) is 0.158. The van der Waals surface area contributed by atoms with Crippen LogP contribution in [0.15, 0.2) is 48.5 Å². The molecule has 0 unspecified atom stereocenters. The summed E-state index contributed by atoms with van der Waals surface area (Å²) in [4.78, 5) is 23.1. The molecule has 3 N–H and O–H groups in total. The van der Waals surface area contributed by atoms with Gasteiger partial charge in [-0.1, -0.05) is 18.2 Å². The molecule has 8 heteroatoms. The number of primary amides is 1. The van der Waals surface area contributed by atoms with Crippen molar-refractivity contribution in [2.45, 2.75) is 13.2 Å². The van der Waals surface area contributed by atoms with Crippen molar-refractivity contribution in [2.75, 3.05) is 7.11 Å². The highest BCUT2D eigenvalue weighted by molar-refractivity contribution is 5.93. The summed E-state index contributed by atoms with van der Waals surface area (Å²) in [5.74, 6) is -0.882. The maximum absolute atomic E-state index is 12.3. The Morgan fingerprint density at radius 2 is 1.96 bits per heavy atom. The van der Waals surface area contributed by atoms with E-state index in [1.165, 1.54) is 37.5 Å². The van der Waals surface area contributed by atoms with E-state index in [4.69, 9.17) is 10.5 Å². The minimum absolute atomic E-state index is 0.0940. The van der Waals surface area contributed by atoms with E-state index in [0.29, 0.717) is 11.1 Å². The van der Waals surface area contributed by atoms with Gasteiger partial charge in [-0.25, -0.2) is 0 Å². The number of nitrogens with one attached hydrogen (secondary N) is 1. The van der Waals surface area contributed by atoms with E-state index >= 15 is 0 Å². The number of rotatable bonds is 8. The van der Waals surface area contributed by atoms with Crippen LogP contribution in [0.4, 0.5) is 8.78 Å². The Morgan fingerprint density at radius 1 is 1.19 bits per heavy atom. The number of hydrogen-bond acceptors (Lipinski definition) is 4. The van der Waals surface area contributed by atoms with Gasteiger partial charge < -0.3 is 20.5 Å². The van der Waals surface area contributed by atoms with Crippen molar-refractivity contribution >= 4 is 17.9 Å². The van der Waals surface area contributed by atoms with Gasteiger partial charge in [0.1, 0.15) is 0 Å². The lowest BCUT2D eigenvalue weighted by Gasteiger charge is -2.10. The van der Waals surface area contributed by atoms with Gasteiger partial charge in [0.25, 0.3) is 0 Å². The van der Waals surface area contributed by atoms with Gasteiger partial charge in [-0.15, -0.1) is 0 Å². The van der Waals surface area contributed by atoms with Crippen LogP contribution in [-0.4, -0.2) is 25.5 Å². The number of amides is 2. The van der Waals surface area contributed by atoms with Gasteiger partial charge in [0.2, 0.25) is 11.8 Å². The molecule has 0 saturated heterocycles. The zero-order chi connectivity index (χ0) is 19.8. The summed E-state index contributed by atoms with van der Waals surface area (Å²) < 4.78 is 34.0. The van der Waals surface area contributed by atoms with Crippen LogP contribution in [0.2, 0.25) is 0 Å². The van der Waals surface area contributed by atoms with Crippen molar-refractivity contribution in [3.05, 3.63) is 65.2 Å². The smallest absolute Gasteiger partial charge is 0.387 e. The predicted octanol–water partition coefficient (Wildman–Crippen LogP) is 2.73. The minimum Gasteiger partial charge on any atom is -0.493 e. The van der Waals surface area contributed by atoms with Crippen LogP contribution in [0.1, 0.15) is 21.5 Å². The molecule has 27 heavy (non-hydrogen) atoms. The third kappa shape index (κ3) is 6.10. The molecule has 0 radical (unpaired) electrons. The average molecular weight is 376 g/mol. The Kier molecular flexibility index (Phi) is 6.87. The number of halogens is 2. The van der Waals surface area contributed by atoms with Crippen LogP contribution >= 0.6 is 0 Å². The Labute approximate surface area is 154 Å². The minimum atomic E-state index is -2.96. The van der Waals surface area contributed by atoms with Gasteiger partial charge in [-0.05, 0) is 41.5 Å². The monoisotopic (exact) mass is 376 g/mol. The third-order valence-corrected chi connectivity index (χ3v) is 3.51. The number of methoxy groups -OCH3 is 1. The van der Waals surface area contributed by atoms with Crippen molar-refractivity contribution in [3.8, 4) is 11.5 Å². The predicted molar refractivity (Wildman–Crippen MR) is 95.5 cm³/mol. The van der Waals surface area contributed by atoms with Crippen LogP contribution in [-0.2, 0) is 11.3 Å². The maximum Gasteiger partial charge on any atom is 0.387 e. The largest absolute Gasteiger partial charge is 0.493 e. The zero-order valence-corrected chi connectivity index (χ0v) is 14.4. The summed E-state index contributed by atoms with van der Waals surface area (Å²) in [6, 6.07) is 10.9. The quantitative estimate of drug-likeness (QED) is 0.693. The highest BCUT2D eigenvalue weighted by Crippen LogP contribution is 2.29. The van der Waals surface area contributed by atoms with Gasteiger partial charge in [-0.3, -0.25) is 9.59 Å². The normalized spacial score (nSPS) is 10.8. The summed E-state index contributed by atoms with van der Waals surface area (Å²) in [5.41, 5.74) is 6.86. The molecule has 2 rings (SSSR count). The lowest BCUT2D eigenvalue weighted by molar-refractivity contribution is -0.116. The highest BCUT2D eigenvalue weighted by atomic mass is 19.3. The number of benzene rings is 2. The number of nitrogens with two attached hydrogens (primary N) is 1. The molecule has 0 aliphatic rings. The van der Waals surface area contributed by atoms with Crippen LogP contribution in [0.25, 0.3) is 6.08 Å². The topological polar surface area (TPSA) is 90.6 Å². The molecule has 0 heterocycles. The van der Waals surface area contributed by atoms with Crippen LogP contribution in [0.5, 0.6) is 11.5 Å². The van der Waals surface area contributed by atoms with Crippen molar-refractivity contribution in [1.29, 1.82) is 0 Å². The van der Waals surface area contributed by atoms with Crippen molar-refractivity contribution in [3.63, 3.8) is 0 Å². The summed E-state index contributed by atoms with van der Waals surface area (Å²) in [7, 11) is 1.33. The molecule has 0 aliphatic heterocycles. The van der Waals surface area contributed by atoms with Crippen molar-refractivity contribution in [2.24, 2.45) is 5.73 Å². The summed E-state index contributed by atoms with van der Waals surface area (Å²) in [5, 5.41) is 2.67. The number of ether oxygens (including phenoxy) is 2. The van der Waals surface area contributed by atoms with E-state index in [-0.39, 0.29) is 24.0 Å². The Bertz CT molecular complexity index is 853. The van der Waals surface area contributed by atoms with Gasteiger partial charge in [-0.2, -0.15) is 8.78 Å².